The molecule has 3 aliphatic heterocycles. The zero-order chi connectivity index (χ0) is 26.0. The van der Waals surface area contributed by atoms with Crippen LogP contribution in [0.5, 0.6) is 0 Å². The quantitative estimate of drug-likeness (QED) is 0.642. The molecule has 37 heavy (non-hydrogen) atoms. The highest BCUT2D eigenvalue weighted by molar-refractivity contribution is 6.33. The van der Waals surface area contributed by atoms with Gasteiger partial charge in [0.1, 0.15) is 17.6 Å². The van der Waals surface area contributed by atoms with Gasteiger partial charge in [-0.05, 0) is 49.2 Å². The van der Waals surface area contributed by atoms with E-state index in [1.807, 2.05) is 0 Å². The summed E-state index contributed by atoms with van der Waals surface area (Å²) < 4.78 is 25.3. The first-order valence-corrected chi connectivity index (χ1v) is 12.9. The molecule has 196 valence electrons. The molecule has 5 rings (SSSR count). The van der Waals surface area contributed by atoms with Crippen LogP contribution in [0.3, 0.4) is 0 Å². The first kappa shape index (κ1) is 25.6. The van der Waals surface area contributed by atoms with Gasteiger partial charge in [-0.25, -0.2) is 4.39 Å². The molecule has 3 heterocycles. The van der Waals surface area contributed by atoms with Gasteiger partial charge in [0.25, 0.3) is 11.8 Å². The van der Waals surface area contributed by atoms with Crippen LogP contribution in [0.4, 0.5) is 4.39 Å². The van der Waals surface area contributed by atoms with E-state index in [-0.39, 0.29) is 30.1 Å². The molecule has 3 aliphatic rings. The Labute approximate surface area is 219 Å². The van der Waals surface area contributed by atoms with E-state index in [1.165, 1.54) is 29.2 Å². The fourth-order valence-electron chi connectivity index (χ4n) is 5.30. The van der Waals surface area contributed by atoms with E-state index >= 15 is 0 Å². The maximum absolute atomic E-state index is 13.7. The highest BCUT2D eigenvalue weighted by Crippen LogP contribution is 2.39. The summed E-state index contributed by atoms with van der Waals surface area (Å²) in [5.41, 5.74) is -0.384. The third-order valence-corrected chi connectivity index (χ3v) is 7.67. The van der Waals surface area contributed by atoms with Gasteiger partial charge in [-0.2, -0.15) is 0 Å². The molecule has 1 N–H and O–H groups in total. The van der Waals surface area contributed by atoms with Crippen molar-refractivity contribution in [1.29, 1.82) is 0 Å². The normalized spacial score (nSPS) is 22.9. The number of hydrogen-bond acceptors (Lipinski definition) is 5. The van der Waals surface area contributed by atoms with E-state index in [1.54, 1.807) is 29.2 Å². The maximum Gasteiger partial charge on any atom is 0.256 e. The second-order valence-corrected chi connectivity index (χ2v) is 10.0. The summed E-state index contributed by atoms with van der Waals surface area (Å²) in [4.78, 5) is 43.2. The predicted molar refractivity (Wildman–Crippen MR) is 134 cm³/mol. The standard InChI is InChI=1S/C27H29ClFN3O5/c28-22-6-2-1-5-21(22)26(35)31-13-11-27(12-14-31)32(25(34)18-7-9-19(29)10-8-18)23(17-37-27)24(33)30-16-20-4-3-15-36-20/h1-2,5-10,20,23H,3-4,11-17H2,(H,30,33). The van der Waals surface area contributed by atoms with Crippen molar-refractivity contribution in [2.75, 3.05) is 32.8 Å². The molecule has 2 aromatic carbocycles. The lowest BCUT2D eigenvalue weighted by Crippen LogP contribution is -2.60. The van der Waals surface area contributed by atoms with Crippen LogP contribution in [-0.4, -0.2) is 78.2 Å². The van der Waals surface area contributed by atoms with Crippen LogP contribution in [-0.2, 0) is 14.3 Å². The second kappa shape index (κ2) is 10.8. The first-order valence-electron chi connectivity index (χ1n) is 12.5. The van der Waals surface area contributed by atoms with Gasteiger partial charge in [0.2, 0.25) is 5.91 Å². The fraction of sp³-hybridized carbons (Fsp3) is 0.444. The molecule has 3 amide bonds. The number of hydrogen-bond donors (Lipinski definition) is 1. The first-order chi connectivity index (χ1) is 17.9. The number of nitrogens with zero attached hydrogens (tertiary/aromatic N) is 2. The average molecular weight is 530 g/mol. The summed E-state index contributed by atoms with van der Waals surface area (Å²) in [6.07, 6.45) is 2.44. The Bertz CT molecular complexity index is 1160. The minimum Gasteiger partial charge on any atom is -0.376 e. The molecule has 0 bridgehead atoms. The van der Waals surface area contributed by atoms with Crippen LogP contribution in [0.2, 0.25) is 5.02 Å². The van der Waals surface area contributed by atoms with Crippen molar-refractivity contribution in [2.45, 2.75) is 43.6 Å². The van der Waals surface area contributed by atoms with E-state index in [9.17, 15) is 18.8 Å². The largest absolute Gasteiger partial charge is 0.376 e. The molecule has 2 atom stereocenters. The number of piperidine rings is 1. The third kappa shape index (κ3) is 5.21. The Morgan fingerprint density at radius 1 is 1.05 bits per heavy atom. The van der Waals surface area contributed by atoms with Gasteiger partial charge in [0.05, 0.1) is 23.3 Å². The Hall–Kier alpha value is -3.01. The molecule has 0 radical (unpaired) electrons. The summed E-state index contributed by atoms with van der Waals surface area (Å²) in [5, 5.41) is 3.29. The number of carbonyl (C=O) groups is 3. The number of rotatable bonds is 5. The third-order valence-electron chi connectivity index (χ3n) is 7.34. The second-order valence-electron chi connectivity index (χ2n) is 9.61. The van der Waals surface area contributed by atoms with E-state index < -0.39 is 23.5 Å². The highest BCUT2D eigenvalue weighted by Gasteiger charge is 2.54. The van der Waals surface area contributed by atoms with Crippen LogP contribution in [0.15, 0.2) is 48.5 Å². The molecule has 10 heteroatoms. The van der Waals surface area contributed by atoms with Gasteiger partial charge in [-0.15, -0.1) is 0 Å². The van der Waals surface area contributed by atoms with Gasteiger partial charge in [0, 0.05) is 44.6 Å². The van der Waals surface area contributed by atoms with Gasteiger partial charge < -0.3 is 19.7 Å². The minimum absolute atomic E-state index is 0.0305. The summed E-state index contributed by atoms with van der Waals surface area (Å²) in [6.45, 7) is 1.71. The lowest BCUT2D eigenvalue weighted by Gasteiger charge is -2.44. The molecule has 8 nitrogen and oxygen atoms in total. The van der Waals surface area contributed by atoms with Crippen LogP contribution in [0.25, 0.3) is 0 Å². The van der Waals surface area contributed by atoms with Gasteiger partial charge >= 0.3 is 0 Å². The van der Waals surface area contributed by atoms with Gasteiger partial charge in [0.15, 0.2) is 0 Å². The number of nitrogens with one attached hydrogen (secondary N) is 1. The Morgan fingerprint density at radius 3 is 2.46 bits per heavy atom. The number of benzene rings is 2. The van der Waals surface area contributed by atoms with Gasteiger partial charge in [-0.3, -0.25) is 19.3 Å². The van der Waals surface area contributed by atoms with Gasteiger partial charge in [-0.1, -0.05) is 23.7 Å². The van der Waals surface area contributed by atoms with Crippen molar-refractivity contribution in [3.05, 3.63) is 70.5 Å². The van der Waals surface area contributed by atoms with E-state index in [0.29, 0.717) is 49.7 Å². The molecule has 1 spiro atoms. The van der Waals surface area contributed by atoms with Crippen LogP contribution >= 0.6 is 11.6 Å². The molecular weight excluding hydrogens is 501 g/mol. The van der Waals surface area contributed by atoms with E-state index in [2.05, 4.69) is 5.32 Å². The van der Waals surface area contributed by atoms with Crippen molar-refractivity contribution in [3.8, 4) is 0 Å². The lowest BCUT2D eigenvalue weighted by atomic mass is 9.96. The molecule has 0 saturated carbocycles. The van der Waals surface area contributed by atoms with Crippen LogP contribution < -0.4 is 5.32 Å². The van der Waals surface area contributed by atoms with E-state index in [4.69, 9.17) is 21.1 Å². The number of halogens is 2. The summed E-state index contributed by atoms with van der Waals surface area (Å²) >= 11 is 6.23. The number of likely N-dealkylation sites (tertiary alicyclic amines) is 1. The topological polar surface area (TPSA) is 88.2 Å². The van der Waals surface area contributed by atoms with Crippen molar-refractivity contribution in [2.24, 2.45) is 0 Å². The molecule has 2 unspecified atom stereocenters. The molecular formula is C27H29ClFN3O5. The maximum atomic E-state index is 13.7. The van der Waals surface area contributed by atoms with Crippen molar-refractivity contribution < 1.29 is 28.2 Å². The average Bonchev–Trinajstić information content (AvgIpc) is 3.56. The van der Waals surface area contributed by atoms with Crippen molar-refractivity contribution in [3.63, 3.8) is 0 Å². The summed E-state index contributed by atoms with van der Waals surface area (Å²) in [6, 6.07) is 11.3. The Balaban J connectivity index is 1.35. The molecule has 2 aromatic rings. The van der Waals surface area contributed by atoms with Crippen LogP contribution in [0.1, 0.15) is 46.4 Å². The Kier molecular flexibility index (Phi) is 7.46. The number of ether oxygens (including phenoxy) is 2. The van der Waals surface area contributed by atoms with E-state index in [0.717, 1.165) is 12.8 Å². The molecule has 0 aliphatic carbocycles. The predicted octanol–water partition coefficient (Wildman–Crippen LogP) is 3.25. The summed E-state index contributed by atoms with van der Waals surface area (Å²) in [5.74, 6) is -1.39. The summed E-state index contributed by atoms with van der Waals surface area (Å²) in [7, 11) is 0. The number of amides is 3. The molecule has 3 fully saturated rings. The fourth-order valence-corrected chi connectivity index (χ4v) is 5.52. The minimum atomic E-state index is -1.06. The number of carbonyl (C=O) groups excluding carboxylic acids is 3. The zero-order valence-corrected chi connectivity index (χ0v) is 21.1. The van der Waals surface area contributed by atoms with Crippen molar-refractivity contribution in [1.82, 2.24) is 15.1 Å². The molecule has 3 saturated heterocycles. The van der Waals surface area contributed by atoms with Crippen LogP contribution in [0, 0.1) is 5.82 Å². The highest BCUT2D eigenvalue weighted by atomic mass is 35.5. The SMILES string of the molecule is O=C(NCC1CCCO1)C1COC2(CCN(C(=O)c3ccccc3Cl)CC2)N1C(=O)c1ccc(F)cc1. The molecule has 0 aromatic heterocycles. The smallest absolute Gasteiger partial charge is 0.256 e. The zero-order valence-electron chi connectivity index (χ0n) is 20.3. The Morgan fingerprint density at radius 2 is 1.78 bits per heavy atom. The van der Waals surface area contributed by atoms with Crippen molar-refractivity contribution >= 4 is 29.3 Å². The lowest BCUT2D eigenvalue weighted by molar-refractivity contribution is -0.128. The monoisotopic (exact) mass is 529 g/mol.